The molecule has 2 rings (SSSR count). The molecule has 1 aliphatic rings. The normalized spacial score (nSPS) is 25.7. The number of hydrogen-bond acceptors (Lipinski definition) is 3. The topological polar surface area (TPSA) is 42.7 Å². The Morgan fingerprint density at radius 1 is 1.62 bits per heavy atom. The van der Waals surface area contributed by atoms with Crippen LogP contribution >= 0.6 is 0 Å². The predicted octanol–water partition coefficient (Wildman–Crippen LogP) is 1.38. The Kier molecular flexibility index (Phi) is 3.59. The van der Waals surface area contributed by atoms with E-state index in [0.29, 0.717) is 6.04 Å². The second-order valence-electron chi connectivity index (χ2n) is 5.03. The van der Waals surface area contributed by atoms with Crippen LogP contribution in [0.25, 0.3) is 0 Å². The van der Waals surface area contributed by atoms with E-state index in [1.54, 1.807) is 4.68 Å². The highest BCUT2D eigenvalue weighted by molar-refractivity contribution is 5.02. The van der Waals surface area contributed by atoms with Crippen molar-refractivity contribution >= 4 is 0 Å². The Bertz CT molecular complexity index is 334. The molecule has 90 valence electrons. The summed E-state index contributed by atoms with van der Waals surface area (Å²) in [6.45, 7) is 5.65. The summed E-state index contributed by atoms with van der Waals surface area (Å²) in [4.78, 5) is 0. The standard InChI is InChI=1S/C12H22N4/c1-4-5-13-12(11-6-9(11)2)7-10-8-16(3)15-14-10/h8-9,11-13H,4-7H2,1-3H3. The lowest BCUT2D eigenvalue weighted by atomic mass is 10.1. The fourth-order valence-electron chi connectivity index (χ4n) is 2.33. The van der Waals surface area contributed by atoms with E-state index in [4.69, 9.17) is 0 Å². The third-order valence-corrected chi connectivity index (χ3v) is 3.42. The molecule has 4 nitrogen and oxygen atoms in total. The van der Waals surface area contributed by atoms with Crippen LogP contribution in [0.3, 0.4) is 0 Å². The molecule has 1 aliphatic carbocycles. The van der Waals surface area contributed by atoms with Gasteiger partial charge in [0.1, 0.15) is 0 Å². The maximum atomic E-state index is 4.17. The van der Waals surface area contributed by atoms with Crippen LogP contribution in [0.2, 0.25) is 0 Å². The number of aryl methyl sites for hydroxylation is 1. The molecule has 0 bridgehead atoms. The summed E-state index contributed by atoms with van der Waals surface area (Å²) in [5.74, 6) is 1.72. The molecular weight excluding hydrogens is 200 g/mol. The lowest BCUT2D eigenvalue weighted by Crippen LogP contribution is -2.34. The van der Waals surface area contributed by atoms with Crippen molar-refractivity contribution in [2.24, 2.45) is 18.9 Å². The molecule has 1 aromatic rings. The Labute approximate surface area is 97.4 Å². The van der Waals surface area contributed by atoms with Gasteiger partial charge in [0.05, 0.1) is 5.69 Å². The zero-order valence-corrected chi connectivity index (χ0v) is 10.5. The summed E-state index contributed by atoms with van der Waals surface area (Å²) in [6.07, 6.45) is 5.59. The minimum Gasteiger partial charge on any atom is -0.313 e. The number of nitrogens with one attached hydrogen (secondary N) is 1. The van der Waals surface area contributed by atoms with Gasteiger partial charge in [-0.1, -0.05) is 19.1 Å². The highest BCUT2D eigenvalue weighted by Gasteiger charge is 2.39. The van der Waals surface area contributed by atoms with Crippen LogP contribution in [0.1, 0.15) is 32.4 Å². The average Bonchev–Trinajstić information content (AvgIpc) is 2.83. The van der Waals surface area contributed by atoms with E-state index in [1.807, 2.05) is 13.2 Å². The number of nitrogens with zero attached hydrogens (tertiary/aromatic N) is 3. The molecule has 1 fully saturated rings. The maximum Gasteiger partial charge on any atom is 0.0842 e. The van der Waals surface area contributed by atoms with Crippen molar-refractivity contribution in [3.8, 4) is 0 Å². The second kappa shape index (κ2) is 4.95. The average molecular weight is 222 g/mol. The third kappa shape index (κ3) is 2.82. The van der Waals surface area contributed by atoms with E-state index < -0.39 is 0 Å². The van der Waals surface area contributed by atoms with Crippen LogP contribution in [0.5, 0.6) is 0 Å². The second-order valence-corrected chi connectivity index (χ2v) is 5.03. The molecule has 0 amide bonds. The molecule has 3 atom stereocenters. The Morgan fingerprint density at radius 2 is 2.38 bits per heavy atom. The largest absolute Gasteiger partial charge is 0.313 e. The lowest BCUT2D eigenvalue weighted by Gasteiger charge is -2.16. The van der Waals surface area contributed by atoms with Gasteiger partial charge in [0.15, 0.2) is 0 Å². The quantitative estimate of drug-likeness (QED) is 0.791. The van der Waals surface area contributed by atoms with Gasteiger partial charge < -0.3 is 5.32 Å². The van der Waals surface area contributed by atoms with Gasteiger partial charge in [-0.15, -0.1) is 5.10 Å². The van der Waals surface area contributed by atoms with Crippen molar-refractivity contribution in [2.75, 3.05) is 6.54 Å². The molecule has 16 heavy (non-hydrogen) atoms. The van der Waals surface area contributed by atoms with Crippen molar-refractivity contribution in [1.82, 2.24) is 20.3 Å². The van der Waals surface area contributed by atoms with Crippen LogP contribution in [0.15, 0.2) is 6.20 Å². The van der Waals surface area contributed by atoms with Gasteiger partial charge in [0, 0.05) is 25.7 Å². The molecular formula is C12H22N4. The Morgan fingerprint density at radius 3 is 2.88 bits per heavy atom. The van der Waals surface area contributed by atoms with Crippen LogP contribution in [-0.4, -0.2) is 27.6 Å². The Hall–Kier alpha value is -0.900. The van der Waals surface area contributed by atoms with Crippen LogP contribution < -0.4 is 5.32 Å². The van der Waals surface area contributed by atoms with Gasteiger partial charge in [-0.25, -0.2) is 0 Å². The van der Waals surface area contributed by atoms with E-state index in [2.05, 4.69) is 29.5 Å². The van der Waals surface area contributed by atoms with E-state index in [1.165, 1.54) is 12.8 Å². The van der Waals surface area contributed by atoms with Crippen LogP contribution in [-0.2, 0) is 13.5 Å². The van der Waals surface area contributed by atoms with Crippen molar-refractivity contribution in [3.63, 3.8) is 0 Å². The predicted molar refractivity (Wildman–Crippen MR) is 64.1 cm³/mol. The highest BCUT2D eigenvalue weighted by Crippen LogP contribution is 2.41. The SMILES string of the molecule is CCCNC(Cc1cn(C)nn1)C1CC1C. The summed E-state index contributed by atoms with van der Waals surface area (Å²) in [7, 11) is 1.92. The maximum absolute atomic E-state index is 4.17. The molecule has 1 heterocycles. The molecule has 3 unspecified atom stereocenters. The molecule has 4 heteroatoms. The summed E-state index contributed by atoms with van der Waals surface area (Å²) in [5.41, 5.74) is 1.11. The summed E-state index contributed by atoms with van der Waals surface area (Å²) < 4.78 is 1.78. The first-order chi connectivity index (χ1) is 7.70. The van der Waals surface area contributed by atoms with Gasteiger partial charge >= 0.3 is 0 Å². The molecule has 1 saturated carbocycles. The fourth-order valence-corrected chi connectivity index (χ4v) is 2.33. The highest BCUT2D eigenvalue weighted by atomic mass is 15.4. The number of rotatable bonds is 6. The molecule has 0 aliphatic heterocycles. The minimum atomic E-state index is 0.589. The zero-order valence-electron chi connectivity index (χ0n) is 10.5. The number of hydrogen-bond donors (Lipinski definition) is 1. The minimum absolute atomic E-state index is 0.589. The summed E-state index contributed by atoms with van der Waals surface area (Å²) in [6, 6.07) is 0.589. The van der Waals surface area contributed by atoms with Gasteiger partial charge in [-0.05, 0) is 31.2 Å². The van der Waals surface area contributed by atoms with Gasteiger partial charge in [-0.2, -0.15) is 0 Å². The van der Waals surface area contributed by atoms with Crippen LogP contribution in [0, 0.1) is 11.8 Å². The van der Waals surface area contributed by atoms with E-state index in [9.17, 15) is 0 Å². The molecule has 0 aromatic carbocycles. The first kappa shape index (κ1) is 11.6. The van der Waals surface area contributed by atoms with Gasteiger partial charge in [0.25, 0.3) is 0 Å². The summed E-state index contributed by atoms with van der Waals surface area (Å²) in [5, 5.41) is 11.8. The molecule has 0 saturated heterocycles. The van der Waals surface area contributed by atoms with E-state index in [-0.39, 0.29) is 0 Å². The fraction of sp³-hybridized carbons (Fsp3) is 0.833. The lowest BCUT2D eigenvalue weighted by molar-refractivity contribution is 0.440. The molecule has 1 N–H and O–H groups in total. The van der Waals surface area contributed by atoms with Crippen LogP contribution in [0.4, 0.5) is 0 Å². The van der Waals surface area contributed by atoms with E-state index in [0.717, 1.165) is 30.5 Å². The van der Waals surface area contributed by atoms with Crippen molar-refractivity contribution < 1.29 is 0 Å². The van der Waals surface area contributed by atoms with Crippen molar-refractivity contribution in [1.29, 1.82) is 0 Å². The van der Waals surface area contributed by atoms with Gasteiger partial charge in [-0.3, -0.25) is 4.68 Å². The molecule has 1 aromatic heterocycles. The smallest absolute Gasteiger partial charge is 0.0842 e. The third-order valence-electron chi connectivity index (χ3n) is 3.42. The van der Waals surface area contributed by atoms with Crippen molar-refractivity contribution in [2.45, 2.75) is 39.2 Å². The first-order valence-corrected chi connectivity index (χ1v) is 6.29. The zero-order chi connectivity index (χ0) is 11.5. The number of aromatic nitrogens is 3. The monoisotopic (exact) mass is 222 g/mol. The molecule has 0 radical (unpaired) electrons. The Balaban J connectivity index is 1.91. The summed E-state index contributed by atoms with van der Waals surface area (Å²) >= 11 is 0. The van der Waals surface area contributed by atoms with Gasteiger partial charge in [0.2, 0.25) is 0 Å². The van der Waals surface area contributed by atoms with Crippen molar-refractivity contribution in [3.05, 3.63) is 11.9 Å². The van der Waals surface area contributed by atoms with E-state index >= 15 is 0 Å². The molecule has 0 spiro atoms. The first-order valence-electron chi connectivity index (χ1n) is 6.29.